The summed E-state index contributed by atoms with van der Waals surface area (Å²) in [7, 11) is 0. The lowest BCUT2D eigenvalue weighted by atomic mass is 9.72. The van der Waals surface area contributed by atoms with Gasteiger partial charge in [0, 0.05) is 0 Å². The predicted molar refractivity (Wildman–Crippen MR) is 72.7 cm³/mol. The molecule has 1 unspecified atom stereocenters. The van der Waals surface area contributed by atoms with Crippen LogP contribution in [0.2, 0.25) is 0 Å². The van der Waals surface area contributed by atoms with Crippen LogP contribution in [0.4, 0.5) is 13.2 Å². The van der Waals surface area contributed by atoms with Gasteiger partial charge in [-0.2, -0.15) is 13.2 Å². The van der Waals surface area contributed by atoms with Crippen molar-refractivity contribution in [3.8, 4) is 0 Å². The summed E-state index contributed by atoms with van der Waals surface area (Å²) in [4.78, 5) is 12.2. The highest BCUT2D eigenvalue weighted by molar-refractivity contribution is 5.76. The summed E-state index contributed by atoms with van der Waals surface area (Å²) in [5.41, 5.74) is -5.79. The number of aliphatic hydroxyl groups is 1. The molecule has 0 bridgehead atoms. The van der Waals surface area contributed by atoms with Crippen LogP contribution >= 0.6 is 0 Å². The van der Waals surface area contributed by atoms with Gasteiger partial charge >= 0.3 is 12.1 Å². The molecular formula is C15H25F3O3. The number of ether oxygens (including phenoxy) is 1. The third-order valence-electron chi connectivity index (χ3n) is 4.82. The van der Waals surface area contributed by atoms with Crippen molar-refractivity contribution in [2.24, 2.45) is 5.41 Å². The van der Waals surface area contributed by atoms with E-state index in [1.807, 2.05) is 0 Å². The maximum Gasteiger partial charge on any atom is 0.420 e. The average Bonchev–Trinajstić information content (AvgIpc) is 2.38. The van der Waals surface area contributed by atoms with E-state index in [1.54, 1.807) is 20.8 Å². The normalized spacial score (nSPS) is 22.5. The first-order valence-electron chi connectivity index (χ1n) is 7.42. The molecule has 1 atom stereocenters. The number of esters is 1. The molecule has 1 saturated carbocycles. The first-order valence-corrected chi connectivity index (χ1v) is 7.42. The van der Waals surface area contributed by atoms with Gasteiger partial charge in [0.2, 0.25) is 0 Å². The number of alkyl halides is 3. The van der Waals surface area contributed by atoms with Crippen molar-refractivity contribution in [2.45, 2.75) is 83.6 Å². The molecule has 1 aliphatic carbocycles. The Morgan fingerprint density at radius 2 is 1.62 bits per heavy atom. The SMILES string of the molecule is CCC(C)(C)C(=O)OC1(C(C)(O)C(F)(F)F)CCCCC1. The smallest absolute Gasteiger partial charge is 0.420 e. The van der Waals surface area contributed by atoms with E-state index in [-0.39, 0.29) is 12.8 Å². The average molecular weight is 310 g/mol. The van der Waals surface area contributed by atoms with Crippen LogP contribution in [0, 0.1) is 5.41 Å². The van der Waals surface area contributed by atoms with Crippen LogP contribution in [0.15, 0.2) is 0 Å². The minimum absolute atomic E-state index is 0.0328. The third-order valence-corrected chi connectivity index (χ3v) is 4.82. The lowest BCUT2D eigenvalue weighted by Gasteiger charge is -2.48. The van der Waals surface area contributed by atoms with Gasteiger partial charge in [-0.05, 0) is 52.9 Å². The molecule has 1 rings (SSSR count). The van der Waals surface area contributed by atoms with Gasteiger partial charge in [-0.1, -0.05) is 13.3 Å². The highest BCUT2D eigenvalue weighted by atomic mass is 19.4. The maximum atomic E-state index is 13.3. The number of halogens is 3. The van der Waals surface area contributed by atoms with Crippen LogP contribution in [0.3, 0.4) is 0 Å². The molecule has 0 spiro atoms. The molecule has 0 aromatic rings. The molecule has 1 fully saturated rings. The molecule has 6 heteroatoms. The van der Waals surface area contributed by atoms with Crippen LogP contribution in [0.1, 0.15) is 66.2 Å². The first-order chi connectivity index (χ1) is 9.40. The van der Waals surface area contributed by atoms with Crippen molar-refractivity contribution in [3.05, 3.63) is 0 Å². The van der Waals surface area contributed by atoms with Gasteiger partial charge in [0.25, 0.3) is 0 Å². The predicted octanol–water partition coefficient (Wildman–Crippen LogP) is 3.98. The summed E-state index contributed by atoms with van der Waals surface area (Å²) in [5, 5.41) is 10.1. The van der Waals surface area contributed by atoms with E-state index in [2.05, 4.69) is 0 Å². The van der Waals surface area contributed by atoms with Crippen LogP contribution < -0.4 is 0 Å². The van der Waals surface area contributed by atoms with Crippen LogP contribution in [-0.2, 0) is 9.53 Å². The van der Waals surface area contributed by atoms with E-state index in [0.717, 1.165) is 6.42 Å². The molecule has 0 saturated heterocycles. The van der Waals surface area contributed by atoms with Gasteiger partial charge in [-0.15, -0.1) is 0 Å². The van der Waals surface area contributed by atoms with Crippen molar-refractivity contribution < 1.29 is 27.8 Å². The van der Waals surface area contributed by atoms with E-state index in [9.17, 15) is 23.1 Å². The number of hydrogen-bond acceptors (Lipinski definition) is 3. The van der Waals surface area contributed by atoms with Crippen molar-refractivity contribution in [1.29, 1.82) is 0 Å². The van der Waals surface area contributed by atoms with Gasteiger partial charge in [0.1, 0.15) is 5.60 Å². The molecular weight excluding hydrogens is 285 g/mol. The summed E-state index contributed by atoms with van der Waals surface area (Å²) in [6.45, 7) is 5.75. The van der Waals surface area contributed by atoms with Crippen molar-refractivity contribution >= 4 is 5.97 Å². The highest BCUT2D eigenvalue weighted by Gasteiger charge is 2.65. The Hall–Kier alpha value is -0.780. The molecule has 0 radical (unpaired) electrons. The summed E-state index contributed by atoms with van der Waals surface area (Å²) < 4.78 is 45.1. The molecule has 1 aliphatic rings. The molecule has 124 valence electrons. The van der Waals surface area contributed by atoms with E-state index >= 15 is 0 Å². The van der Waals surface area contributed by atoms with Gasteiger partial charge in [0.15, 0.2) is 5.60 Å². The van der Waals surface area contributed by atoms with Gasteiger partial charge in [-0.25, -0.2) is 0 Å². The fourth-order valence-corrected chi connectivity index (χ4v) is 2.53. The monoisotopic (exact) mass is 310 g/mol. The zero-order valence-electron chi connectivity index (χ0n) is 13.1. The standard InChI is InChI=1S/C15H25F3O3/c1-5-12(2,3)11(19)21-14(9-7-6-8-10-14)13(4,20)15(16,17)18/h20H,5-10H2,1-4H3. The lowest BCUT2D eigenvalue weighted by Crippen LogP contribution is -2.64. The molecule has 0 aromatic carbocycles. The Bertz CT molecular complexity index is 380. The van der Waals surface area contributed by atoms with Gasteiger partial charge < -0.3 is 9.84 Å². The van der Waals surface area contributed by atoms with E-state index < -0.39 is 28.8 Å². The van der Waals surface area contributed by atoms with Gasteiger partial charge in [0.05, 0.1) is 5.41 Å². The summed E-state index contributed by atoms with van der Waals surface area (Å²) in [6, 6.07) is 0. The van der Waals surface area contributed by atoms with Crippen molar-refractivity contribution in [2.75, 3.05) is 0 Å². The van der Waals surface area contributed by atoms with Crippen LogP contribution in [0.5, 0.6) is 0 Å². The van der Waals surface area contributed by atoms with Crippen molar-refractivity contribution in [1.82, 2.24) is 0 Å². The van der Waals surface area contributed by atoms with Crippen LogP contribution in [0.25, 0.3) is 0 Å². The quantitative estimate of drug-likeness (QED) is 0.799. The maximum absolute atomic E-state index is 13.3. The van der Waals surface area contributed by atoms with E-state index in [1.165, 1.54) is 0 Å². The zero-order valence-corrected chi connectivity index (χ0v) is 13.1. The Balaban J connectivity index is 3.14. The lowest BCUT2D eigenvalue weighted by molar-refractivity contribution is -0.320. The summed E-state index contributed by atoms with van der Waals surface area (Å²) >= 11 is 0. The topological polar surface area (TPSA) is 46.5 Å². The van der Waals surface area contributed by atoms with Crippen LogP contribution in [-0.4, -0.2) is 28.5 Å². The Labute approximate surface area is 123 Å². The summed E-state index contributed by atoms with van der Waals surface area (Å²) in [5.74, 6) is -0.684. The number of rotatable bonds is 4. The third kappa shape index (κ3) is 3.35. The molecule has 0 amide bonds. The second-order valence-corrected chi connectivity index (χ2v) is 6.75. The minimum atomic E-state index is -4.85. The molecule has 21 heavy (non-hydrogen) atoms. The molecule has 0 aliphatic heterocycles. The Morgan fingerprint density at radius 1 is 1.14 bits per heavy atom. The van der Waals surface area contributed by atoms with E-state index in [0.29, 0.717) is 26.2 Å². The number of carbonyl (C=O) groups excluding carboxylic acids is 1. The fourth-order valence-electron chi connectivity index (χ4n) is 2.53. The first kappa shape index (κ1) is 18.3. The molecule has 1 N–H and O–H groups in total. The zero-order chi connectivity index (χ0) is 16.5. The summed E-state index contributed by atoms with van der Waals surface area (Å²) in [6.07, 6.45) is -2.53. The second-order valence-electron chi connectivity index (χ2n) is 6.75. The Morgan fingerprint density at radius 3 is 2.00 bits per heavy atom. The highest BCUT2D eigenvalue weighted by Crippen LogP contribution is 2.48. The van der Waals surface area contributed by atoms with Crippen molar-refractivity contribution in [3.63, 3.8) is 0 Å². The molecule has 3 nitrogen and oxygen atoms in total. The minimum Gasteiger partial charge on any atom is -0.455 e. The van der Waals surface area contributed by atoms with Gasteiger partial charge in [-0.3, -0.25) is 4.79 Å². The molecule has 0 heterocycles. The van der Waals surface area contributed by atoms with E-state index in [4.69, 9.17) is 4.74 Å². The second kappa shape index (κ2) is 5.78. The number of hydrogen-bond donors (Lipinski definition) is 1. The fraction of sp³-hybridized carbons (Fsp3) is 0.933. The Kier molecular flexibility index (Phi) is 5.03. The number of carbonyl (C=O) groups is 1. The molecule has 0 aromatic heterocycles. The largest absolute Gasteiger partial charge is 0.455 e.